The third kappa shape index (κ3) is 1.75. The number of para-hydroxylation sites is 1. The molecule has 0 saturated carbocycles. The molecule has 2 rings (SSSR count). The molecule has 1 aromatic carbocycles. The first-order valence-corrected chi connectivity index (χ1v) is 4.89. The summed E-state index contributed by atoms with van der Waals surface area (Å²) in [7, 11) is 0. The normalized spacial score (nSPS) is 12.0. The van der Waals surface area contributed by atoms with E-state index < -0.39 is 12.1 Å². The number of rotatable bonds is 2. The number of aromatic amines is 1. The van der Waals surface area contributed by atoms with Gasteiger partial charge in [0.25, 0.3) is 0 Å². The zero-order valence-corrected chi connectivity index (χ0v) is 8.73. The number of nitrogens with one attached hydrogen (secondary N) is 1. The summed E-state index contributed by atoms with van der Waals surface area (Å²) in [5.74, 6) is -0.480. The smallest absolute Gasteiger partial charge is 0.341 e. The minimum absolute atomic E-state index is 0.456. The largest absolute Gasteiger partial charge is 0.444 e. The molecule has 16 heavy (non-hydrogen) atoms. The predicted octanol–water partition coefficient (Wildman–Crippen LogP) is 2.24. The SMILES string of the molecule is C[C@H](C#N)OC(=O)c1c[nH]c2ccccc12. The summed E-state index contributed by atoms with van der Waals surface area (Å²) < 4.78 is 4.93. The van der Waals surface area contributed by atoms with E-state index in [0.717, 1.165) is 10.9 Å². The number of H-pyrrole nitrogens is 1. The summed E-state index contributed by atoms with van der Waals surface area (Å²) in [6.07, 6.45) is 0.859. The van der Waals surface area contributed by atoms with Crippen molar-refractivity contribution in [3.63, 3.8) is 0 Å². The van der Waals surface area contributed by atoms with Gasteiger partial charge in [0, 0.05) is 17.1 Å². The zero-order valence-electron chi connectivity index (χ0n) is 8.73. The van der Waals surface area contributed by atoms with Crippen molar-refractivity contribution in [2.75, 3.05) is 0 Å². The molecule has 0 spiro atoms. The van der Waals surface area contributed by atoms with Crippen LogP contribution >= 0.6 is 0 Å². The molecule has 0 bridgehead atoms. The Labute approximate surface area is 92.4 Å². The molecule has 1 atom stereocenters. The highest BCUT2D eigenvalue weighted by molar-refractivity contribution is 6.04. The second-order valence-corrected chi connectivity index (χ2v) is 3.42. The molecule has 0 unspecified atom stereocenters. The maximum atomic E-state index is 11.7. The molecule has 4 heteroatoms. The van der Waals surface area contributed by atoms with Gasteiger partial charge in [-0.05, 0) is 13.0 Å². The number of nitriles is 1. The van der Waals surface area contributed by atoms with Gasteiger partial charge >= 0.3 is 5.97 Å². The molecule has 0 saturated heterocycles. The Morgan fingerprint density at radius 3 is 3.00 bits per heavy atom. The minimum atomic E-state index is -0.735. The van der Waals surface area contributed by atoms with Gasteiger partial charge in [0.2, 0.25) is 0 Å². The van der Waals surface area contributed by atoms with Crippen molar-refractivity contribution in [2.24, 2.45) is 0 Å². The van der Waals surface area contributed by atoms with Gasteiger partial charge < -0.3 is 9.72 Å². The van der Waals surface area contributed by atoms with Gasteiger partial charge in [0.1, 0.15) is 6.07 Å². The van der Waals surface area contributed by atoms with Crippen LogP contribution in [-0.2, 0) is 4.74 Å². The number of hydrogen-bond donors (Lipinski definition) is 1. The van der Waals surface area contributed by atoms with E-state index in [1.807, 2.05) is 30.3 Å². The Bertz CT molecular complexity index is 566. The zero-order chi connectivity index (χ0) is 11.5. The van der Waals surface area contributed by atoms with Gasteiger partial charge in [-0.25, -0.2) is 4.79 Å². The number of esters is 1. The first-order chi connectivity index (χ1) is 7.72. The van der Waals surface area contributed by atoms with Crippen LogP contribution in [0.25, 0.3) is 10.9 Å². The molecule has 1 aromatic heterocycles. The van der Waals surface area contributed by atoms with E-state index >= 15 is 0 Å². The first kappa shape index (κ1) is 10.2. The fourth-order valence-electron chi connectivity index (χ4n) is 1.49. The number of ether oxygens (including phenoxy) is 1. The fraction of sp³-hybridized carbons (Fsp3) is 0.167. The maximum absolute atomic E-state index is 11.7. The van der Waals surface area contributed by atoms with E-state index in [1.54, 1.807) is 6.20 Å². The summed E-state index contributed by atoms with van der Waals surface area (Å²) in [6, 6.07) is 9.29. The lowest BCUT2D eigenvalue weighted by atomic mass is 10.2. The van der Waals surface area contributed by atoms with Gasteiger partial charge in [-0.3, -0.25) is 0 Å². The average Bonchev–Trinajstić information content (AvgIpc) is 2.72. The van der Waals surface area contributed by atoms with Crippen LogP contribution in [-0.4, -0.2) is 17.1 Å². The summed E-state index contributed by atoms with van der Waals surface area (Å²) in [6.45, 7) is 1.53. The number of carbonyl (C=O) groups is 1. The molecule has 0 aliphatic heterocycles. The topological polar surface area (TPSA) is 65.9 Å². The Morgan fingerprint density at radius 2 is 2.25 bits per heavy atom. The fourth-order valence-corrected chi connectivity index (χ4v) is 1.49. The van der Waals surface area contributed by atoms with Crippen LogP contribution in [0.4, 0.5) is 0 Å². The standard InChI is InChI=1S/C12H10N2O2/c1-8(6-13)16-12(15)10-7-14-11-5-3-2-4-9(10)11/h2-5,7-8,14H,1H3/t8-/m1/s1. The second-order valence-electron chi connectivity index (χ2n) is 3.42. The van der Waals surface area contributed by atoms with E-state index in [2.05, 4.69) is 4.98 Å². The van der Waals surface area contributed by atoms with Crippen molar-refractivity contribution in [1.29, 1.82) is 5.26 Å². The average molecular weight is 214 g/mol. The van der Waals surface area contributed by atoms with Crippen molar-refractivity contribution in [3.8, 4) is 6.07 Å². The first-order valence-electron chi connectivity index (χ1n) is 4.89. The van der Waals surface area contributed by atoms with Crippen molar-refractivity contribution < 1.29 is 9.53 Å². The highest BCUT2D eigenvalue weighted by Crippen LogP contribution is 2.18. The van der Waals surface area contributed by atoms with Crippen LogP contribution in [0.3, 0.4) is 0 Å². The number of carbonyl (C=O) groups excluding carboxylic acids is 1. The third-order valence-corrected chi connectivity index (χ3v) is 2.27. The lowest BCUT2D eigenvalue weighted by molar-refractivity contribution is 0.0438. The number of aromatic nitrogens is 1. The molecule has 2 aromatic rings. The minimum Gasteiger partial charge on any atom is -0.444 e. The lowest BCUT2D eigenvalue weighted by Gasteiger charge is -2.04. The van der Waals surface area contributed by atoms with Gasteiger partial charge in [-0.1, -0.05) is 18.2 Å². The molecule has 1 heterocycles. The molecule has 0 aliphatic rings. The lowest BCUT2D eigenvalue weighted by Crippen LogP contribution is -2.12. The van der Waals surface area contributed by atoms with E-state index in [1.165, 1.54) is 6.92 Å². The number of nitrogens with zero attached hydrogens (tertiary/aromatic N) is 1. The molecule has 0 fully saturated rings. The van der Waals surface area contributed by atoms with E-state index in [-0.39, 0.29) is 0 Å². The maximum Gasteiger partial charge on any atom is 0.341 e. The predicted molar refractivity (Wildman–Crippen MR) is 58.8 cm³/mol. The van der Waals surface area contributed by atoms with Crippen molar-refractivity contribution in [1.82, 2.24) is 4.98 Å². The van der Waals surface area contributed by atoms with Crippen molar-refractivity contribution >= 4 is 16.9 Å². The Morgan fingerprint density at radius 1 is 1.50 bits per heavy atom. The quantitative estimate of drug-likeness (QED) is 0.779. The van der Waals surface area contributed by atoms with Gasteiger partial charge in [0.15, 0.2) is 6.10 Å². The number of benzene rings is 1. The van der Waals surface area contributed by atoms with Crippen LogP contribution in [0, 0.1) is 11.3 Å². The van der Waals surface area contributed by atoms with E-state index in [4.69, 9.17) is 10.00 Å². The summed E-state index contributed by atoms with van der Waals surface area (Å²) in [5.41, 5.74) is 1.33. The summed E-state index contributed by atoms with van der Waals surface area (Å²) >= 11 is 0. The molecule has 4 nitrogen and oxygen atoms in total. The Hall–Kier alpha value is -2.28. The summed E-state index contributed by atoms with van der Waals surface area (Å²) in [5, 5.41) is 9.36. The van der Waals surface area contributed by atoms with Crippen LogP contribution in [0.15, 0.2) is 30.5 Å². The number of fused-ring (bicyclic) bond motifs is 1. The van der Waals surface area contributed by atoms with E-state index in [0.29, 0.717) is 5.56 Å². The Balaban J connectivity index is 2.34. The van der Waals surface area contributed by atoms with Crippen molar-refractivity contribution in [2.45, 2.75) is 13.0 Å². The highest BCUT2D eigenvalue weighted by Gasteiger charge is 2.15. The van der Waals surface area contributed by atoms with Gasteiger partial charge in [-0.15, -0.1) is 0 Å². The number of hydrogen-bond acceptors (Lipinski definition) is 3. The molecule has 80 valence electrons. The molecular weight excluding hydrogens is 204 g/mol. The third-order valence-electron chi connectivity index (χ3n) is 2.27. The molecule has 1 N–H and O–H groups in total. The molecule has 0 aliphatic carbocycles. The van der Waals surface area contributed by atoms with Gasteiger partial charge in [-0.2, -0.15) is 5.26 Å². The molecule has 0 radical (unpaired) electrons. The van der Waals surface area contributed by atoms with Gasteiger partial charge in [0.05, 0.1) is 5.56 Å². The van der Waals surface area contributed by atoms with Crippen molar-refractivity contribution in [3.05, 3.63) is 36.0 Å². The van der Waals surface area contributed by atoms with Crippen LogP contribution in [0.2, 0.25) is 0 Å². The summed E-state index contributed by atoms with van der Waals surface area (Å²) in [4.78, 5) is 14.7. The highest BCUT2D eigenvalue weighted by atomic mass is 16.5. The Kier molecular flexibility index (Phi) is 2.61. The monoisotopic (exact) mass is 214 g/mol. The molecular formula is C12H10N2O2. The van der Waals surface area contributed by atoms with Crippen LogP contribution in [0.5, 0.6) is 0 Å². The second kappa shape index (κ2) is 4.07. The van der Waals surface area contributed by atoms with Crippen LogP contribution in [0.1, 0.15) is 17.3 Å². The van der Waals surface area contributed by atoms with E-state index in [9.17, 15) is 4.79 Å². The van der Waals surface area contributed by atoms with Crippen LogP contribution < -0.4 is 0 Å². The molecule has 0 amide bonds.